The van der Waals surface area contributed by atoms with Gasteiger partial charge in [-0.1, -0.05) is 17.7 Å². The predicted molar refractivity (Wildman–Crippen MR) is 67.3 cm³/mol. The molecule has 1 atom stereocenters. The molecule has 3 nitrogen and oxygen atoms in total. The predicted octanol–water partition coefficient (Wildman–Crippen LogP) is 2.33. The van der Waals surface area contributed by atoms with Crippen LogP contribution in [0.2, 0.25) is 5.02 Å². The number of hydrogen-bond acceptors (Lipinski definition) is 2. The van der Waals surface area contributed by atoms with Gasteiger partial charge in [-0.2, -0.15) is 0 Å². The molecule has 0 radical (unpaired) electrons. The van der Waals surface area contributed by atoms with Crippen molar-refractivity contribution in [3.63, 3.8) is 0 Å². The number of anilines is 1. The number of carbonyl (C=O) groups is 1. The van der Waals surface area contributed by atoms with Crippen LogP contribution >= 0.6 is 11.6 Å². The van der Waals surface area contributed by atoms with Gasteiger partial charge in [0.05, 0.1) is 17.8 Å². The lowest BCUT2D eigenvalue weighted by Crippen LogP contribution is -2.24. The SMILES string of the molecule is C#CC1CC(=O)N(c2cccc(Cl)c2OC)C1. The molecule has 1 unspecified atom stereocenters. The zero-order chi connectivity index (χ0) is 12.4. The Morgan fingerprint density at radius 3 is 2.94 bits per heavy atom. The normalized spacial score (nSPS) is 19.2. The van der Waals surface area contributed by atoms with Crippen LogP contribution in [-0.2, 0) is 4.79 Å². The van der Waals surface area contributed by atoms with Crippen LogP contribution in [-0.4, -0.2) is 19.6 Å². The van der Waals surface area contributed by atoms with Gasteiger partial charge in [-0.3, -0.25) is 4.79 Å². The summed E-state index contributed by atoms with van der Waals surface area (Å²) in [5.74, 6) is 3.10. The first-order valence-electron chi connectivity index (χ1n) is 5.26. The van der Waals surface area contributed by atoms with E-state index >= 15 is 0 Å². The van der Waals surface area contributed by atoms with E-state index < -0.39 is 0 Å². The molecule has 1 aliphatic heterocycles. The third kappa shape index (κ3) is 2.09. The van der Waals surface area contributed by atoms with Crippen LogP contribution in [0.15, 0.2) is 18.2 Å². The quantitative estimate of drug-likeness (QED) is 0.753. The van der Waals surface area contributed by atoms with E-state index in [9.17, 15) is 4.79 Å². The number of terminal acetylenes is 1. The van der Waals surface area contributed by atoms with E-state index in [0.717, 1.165) is 0 Å². The monoisotopic (exact) mass is 249 g/mol. The zero-order valence-corrected chi connectivity index (χ0v) is 10.2. The van der Waals surface area contributed by atoms with E-state index in [4.69, 9.17) is 22.8 Å². The van der Waals surface area contributed by atoms with Crippen LogP contribution in [0.5, 0.6) is 5.75 Å². The highest BCUT2D eigenvalue weighted by Gasteiger charge is 2.31. The van der Waals surface area contributed by atoms with E-state index in [1.54, 1.807) is 17.0 Å². The van der Waals surface area contributed by atoms with E-state index in [1.165, 1.54) is 7.11 Å². The van der Waals surface area contributed by atoms with Gasteiger partial charge in [-0.05, 0) is 12.1 Å². The summed E-state index contributed by atoms with van der Waals surface area (Å²) in [7, 11) is 1.53. The van der Waals surface area contributed by atoms with Crippen LogP contribution < -0.4 is 9.64 Å². The van der Waals surface area contributed by atoms with Crippen molar-refractivity contribution in [3.8, 4) is 18.1 Å². The molecule has 1 aromatic carbocycles. The molecule has 0 aliphatic carbocycles. The van der Waals surface area contributed by atoms with Crippen LogP contribution in [0, 0.1) is 18.3 Å². The van der Waals surface area contributed by atoms with Crippen molar-refractivity contribution in [1.29, 1.82) is 0 Å². The molecule has 1 heterocycles. The maximum atomic E-state index is 11.9. The summed E-state index contributed by atoms with van der Waals surface area (Å²) in [4.78, 5) is 13.5. The van der Waals surface area contributed by atoms with E-state index in [1.807, 2.05) is 6.07 Å². The van der Waals surface area contributed by atoms with Crippen molar-refractivity contribution in [3.05, 3.63) is 23.2 Å². The average molecular weight is 250 g/mol. The molecule has 4 heteroatoms. The number of nitrogens with zero attached hydrogens (tertiary/aromatic N) is 1. The summed E-state index contributed by atoms with van der Waals surface area (Å²) in [6.45, 7) is 0.520. The summed E-state index contributed by atoms with van der Waals surface area (Å²) in [5.41, 5.74) is 0.683. The van der Waals surface area contributed by atoms with Crippen molar-refractivity contribution in [1.82, 2.24) is 0 Å². The third-order valence-corrected chi connectivity index (χ3v) is 3.10. The minimum Gasteiger partial charge on any atom is -0.493 e. The Labute approximate surface area is 105 Å². The molecule has 1 aliphatic rings. The van der Waals surface area contributed by atoms with Crippen molar-refractivity contribution < 1.29 is 9.53 Å². The smallest absolute Gasteiger partial charge is 0.228 e. The van der Waals surface area contributed by atoms with Gasteiger partial charge in [0.1, 0.15) is 0 Å². The van der Waals surface area contributed by atoms with Crippen molar-refractivity contribution in [2.75, 3.05) is 18.6 Å². The molecule has 0 spiro atoms. The number of rotatable bonds is 2. The van der Waals surface area contributed by atoms with Gasteiger partial charge in [0.25, 0.3) is 0 Å². The number of halogens is 1. The average Bonchev–Trinajstić information content (AvgIpc) is 2.70. The Bertz CT molecular complexity index is 493. The first kappa shape index (κ1) is 11.8. The van der Waals surface area contributed by atoms with Crippen molar-refractivity contribution in [2.24, 2.45) is 5.92 Å². The number of hydrogen-bond donors (Lipinski definition) is 0. The Kier molecular flexibility index (Phi) is 3.26. The molecular formula is C13H12ClNO2. The van der Waals surface area contributed by atoms with Crippen LogP contribution in [0.25, 0.3) is 0 Å². The molecule has 1 amide bonds. The molecule has 1 fully saturated rings. The fraction of sp³-hybridized carbons (Fsp3) is 0.308. The fourth-order valence-electron chi connectivity index (χ4n) is 1.96. The van der Waals surface area contributed by atoms with Crippen LogP contribution in [0.4, 0.5) is 5.69 Å². The lowest BCUT2D eigenvalue weighted by atomic mass is 10.1. The van der Waals surface area contributed by atoms with Gasteiger partial charge in [0, 0.05) is 18.9 Å². The summed E-state index contributed by atoms with van der Waals surface area (Å²) in [6.07, 6.45) is 5.73. The zero-order valence-electron chi connectivity index (χ0n) is 9.44. The van der Waals surface area contributed by atoms with Crippen LogP contribution in [0.3, 0.4) is 0 Å². The summed E-state index contributed by atoms with van der Waals surface area (Å²) in [5, 5.41) is 0.488. The number of para-hydroxylation sites is 1. The van der Waals surface area contributed by atoms with E-state index in [2.05, 4.69) is 5.92 Å². The molecule has 0 saturated carbocycles. The second-order valence-electron chi connectivity index (χ2n) is 3.86. The first-order valence-corrected chi connectivity index (χ1v) is 5.64. The molecule has 88 valence electrons. The fourth-order valence-corrected chi connectivity index (χ4v) is 2.21. The molecule has 17 heavy (non-hydrogen) atoms. The molecule has 0 N–H and O–H groups in total. The Balaban J connectivity index is 2.39. The highest BCUT2D eigenvalue weighted by Crippen LogP contribution is 2.37. The van der Waals surface area contributed by atoms with Gasteiger partial charge >= 0.3 is 0 Å². The lowest BCUT2D eigenvalue weighted by Gasteiger charge is -2.19. The van der Waals surface area contributed by atoms with Gasteiger partial charge in [-0.15, -0.1) is 12.3 Å². The summed E-state index contributed by atoms with van der Waals surface area (Å²) in [6, 6.07) is 5.32. The van der Waals surface area contributed by atoms with Crippen LogP contribution in [0.1, 0.15) is 6.42 Å². The molecule has 2 rings (SSSR count). The highest BCUT2D eigenvalue weighted by atomic mass is 35.5. The van der Waals surface area contributed by atoms with Crippen molar-refractivity contribution in [2.45, 2.75) is 6.42 Å². The number of methoxy groups -OCH3 is 1. The second kappa shape index (κ2) is 4.68. The molecule has 1 saturated heterocycles. The molecule has 0 aromatic heterocycles. The highest BCUT2D eigenvalue weighted by molar-refractivity contribution is 6.32. The topological polar surface area (TPSA) is 29.5 Å². The number of ether oxygens (including phenoxy) is 1. The number of amides is 1. The lowest BCUT2D eigenvalue weighted by molar-refractivity contribution is -0.117. The van der Waals surface area contributed by atoms with E-state index in [-0.39, 0.29) is 11.8 Å². The van der Waals surface area contributed by atoms with Gasteiger partial charge < -0.3 is 9.64 Å². The maximum absolute atomic E-state index is 11.9. The molecule has 0 bridgehead atoms. The van der Waals surface area contributed by atoms with Gasteiger partial charge in [0.2, 0.25) is 5.91 Å². The van der Waals surface area contributed by atoms with E-state index in [0.29, 0.717) is 29.4 Å². The second-order valence-corrected chi connectivity index (χ2v) is 4.27. The van der Waals surface area contributed by atoms with Gasteiger partial charge in [-0.25, -0.2) is 0 Å². The standard InChI is InChI=1S/C13H12ClNO2/c1-3-9-7-12(16)15(8-9)11-6-4-5-10(14)13(11)17-2/h1,4-6,9H,7-8H2,2H3. The van der Waals surface area contributed by atoms with Crippen molar-refractivity contribution >= 4 is 23.2 Å². The largest absolute Gasteiger partial charge is 0.493 e. The minimum absolute atomic E-state index is 0.00789. The molecular weight excluding hydrogens is 238 g/mol. The summed E-state index contributed by atoms with van der Waals surface area (Å²) >= 11 is 6.02. The minimum atomic E-state index is -0.0359. The Hall–Kier alpha value is -1.66. The Morgan fingerprint density at radius 1 is 1.59 bits per heavy atom. The number of carbonyl (C=O) groups excluding carboxylic acids is 1. The molecule has 1 aromatic rings. The Morgan fingerprint density at radius 2 is 2.35 bits per heavy atom. The van der Waals surface area contributed by atoms with Gasteiger partial charge in [0.15, 0.2) is 5.75 Å². The summed E-state index contributed by atoms with van der Waals surface area (Å²) < 4.78 is 5.23. The first-order chi connectivity index (χ1) is 8.17. The maximum Gasteiger partial charge on any atom is 0.228 e. The number of benzene rings is 1. The third-order valence-electron chi connectivity index (χ3n) is 2.80.